The summed E-state index contributed by atoms with van der Waals surface area (Å²) in [6, 6.07) is 0. The first-order valence-corrected chi connectivity index (χ1v) is 6.12. The van der Waals surface area contributed by atoms with Crippen LogP contribution >= 0.6 is 0 Å². The minimum Gasteiger partial charge on any atom is -0.394 e. The van der Waals surface area contributed by atoms with Crippen molar-refractivity contribution in [2.75, 3.05) is 33.3 Å². The monoisotopic (exact) mass is 216 g/mol. The topological polar surface area (TPSA) is 35.5 Å². The Balaban J connectivity index is 3.85. The molecule has 0 aliphatic heterocycles. The van der Waals surface area contributed by atoms with Crippen molar-refractivity contribution in [1.29, 1.82) is 0 Å². The number of hydrogen-bond donors (Lipinski definition) is 2. The molecule has 0 aliphatic carbocycles. The van der Waals surface area contributed by atoms with Gasteiger partial charge in [-0.3, -0.25) is 0 Å². The zero-order chi connectivity index (χ0) is 11.7. The average Bonchev–Trinajstić information content (AvgIpc) is 2.24. The Morgan fingerprint density at radius 1 is 1.20 bits per heavy atom. The molecule has 0 aliphatic rings. The molecule has 0 saturated heterocycles. The van der Waals surface area contributed by atoms with Crippen LogP contribution in [0.4, 0.5) is 0 Å². The molecule has 92 valence electrons. The number of aliphatic hydroxyl groups excluding tert-OH is 1. The molecule has 0 spiro atoms. The van der Waals surface area contributed by atoms with Gasteiger partial charge in [0.2, 0.25) is 0 Å². The van der Waals surface area contributed by atoms with Crippen molar-refractivity contribution in [3.63, 3.8) is 0 Å². The maximum atomic E-state index is 9.37. The lowest BCUT2D eigenvalue weighted by Crippen LogP contribution is -2.48. The molecule has 0 aromatic heterocycles. The highest BCUT2D eigenvalue weighted by molar-refractivity contribution is 4.82. The Hall–Kier alpha value is -0.120. The van der Waals surface area contributed by atoms with Gasteiger partial charge in [-0.05, 0) is 52.9 Å². The fourth-order valence-corrected chi connectivity index (χ4v) is 1.58. The normalized spacial score (nSPS) is 15.6. The largest absolute Gasteiger partial charge is 0.394 e. The van der Waals surface area contributed by atoms with Crippen LogP contribution in [0.1, 0.15) is 40.0 Å². The standard InChI is InChI=1S/C12H28N2O/c1-5-8-13-12(3,11-15)7-10-14(4)9-6-2/h13,15H,5-11H2,1-4H3. The number of hydrogen-bond acceptors (Lipinski definition) is 3. The van der Waals surface area contributed by atoms with Gasteiger partial charge in [0.15, 0.2) is 0 Å². The molecule has 0 aromatic rings. The first kappa shape index (κ1) is 14.9. The summed E-state index contributed by atoms with van der Waals surface area (Å²) >= 11 is 0. The molecule has 0 fully saturated rings. The third-order valence-electron chi connectivity index (χ3n) is 2.80. The van der Waals surface area contributed by atoms with E-state index in [0.29, 0.717) is 0 Å². The molecule has 15 heavy (non-hydrogen) atoms. The van der Waals surface area contributed by atoms with Crippen LogP contribution in [0, 0.1) is 0 Å². The van der Waals surface area contributed by atoms with Gasteiger partial charge in [0.05, 0.1) is 6.61 Å². The summed E-state index contributed by atoms with van der Waals surface area (Å²) in [4.78, 5) is 2.32. The van der Waals surface area contributed by atoms with Gasteiger partial charge in [-0.25, -0.2) is 0 Å². The molecule has 0 aromatic carbocycles. The van der Waals surface area contributed by atoms with Gasteiger partial charge in [-0.15, -0.1) is 0 Å². The van der Waals surface area contributed by atoms with E-state index in [2.05, 4.69) is 38.0 Å². The van der Waals surface area contributed by atoms with Gasteiger partial charge >= 0.3 is 0 Å². The molecular formula is C12H28N2O. The maximum Gasteiger partial charge on any atom is 0.0611 e. The van der Waals surface area contributed by atoms with Crippen molar-refractivity contribution in [3.05, 3.63) is 0 Å². The van der Waals surface area contributed by atoms with Gasteiger partial charge in [-0.1, -0.05) is 13.8 Å². The van der Waals surface area contributed by atoms with E-state index in [-0.39, 0.29) is 12.1 Å². The number of nitrogens with zero attached hydrogens (tertiary/aromatic N) is 1. The molecule has 3 nitrogen and oxygen atoms in total. The molecule has 0 saturated carbocycles. The fraction of sp³-hybridized carbons (Fsp3) is 1.00. The molecule has 0 rings (SSSR count). The summed E-state index contributed by atoms with van der Waals surface area (Å²) in [5, 5.41) is 12.8. The average molecular weight is 216 g/mol. The van der Waals surface area contributed by atoms with E-state index in [1.54, 1.807) is 0 Å². The van der Waals surface area contributed by atoms with Crippen molar-refractivity contribution in [3.8, 4) is 0 Å². The van der Waals surface area contributed by atoms with Crippen molar-refractivity contribution in [1.82, 2.24) is 10.2 Å². The van der Waals surface area contributed by atoms with Crippen LogP contribution in [-0.2, 0) is 0 Å². The van der Waals surface area contributed by atoms with Crippen LogP contribution in [0.25, 0.3) is 0 Å². The van der Waals surface area contributed by atoms with Crippen molar-refractivity contribution < 1.29 is 5.11 Å². The number of nitrogens with one attached hydrogen (secondary N) is 1. The summed E-state index contributed by atoms with van der Waals surface area (Å²) in [7, 11) is 2.14. The van der Waals surface area contributed by atoms with Crippen LogP contribution in [0.5, 0.6) is 0 Å². The molecule has 0 radical (unpaired) electrons. The Bertz CT molecular complexity index is 153. The third-order valence-corrected chi connectivity index (χ3v) is 2.80. The number of rotatable bonds is 9. The van der Waals surface area contributed by atoms with Gasteiger partial charge in [0.25, 0.3) is 0 Å². The van der Waals surface area contributed by atoms with E-state index in [1.165, 1.54) is 6.42 Å². The van der Waals surface area contributed by atoms with Crippen LogP contribution in [0.3, 0.4) is 0 Å². The van der Waals surface area contributed by atoms with E-state index < -0.39 is 0 Å². The smallest absolute Gasteiger partial charge is 0.0611 e. The van der Waals surface area contributed by atoms with Gasteiger partial charge in [-0.2, -0.15) is 0 Å². The minimum atomic E-state index is -0.113. The zero-order valence-corrected chi connectivity index (χ0v) is 10.8. The van der Waals surface area contributed by atoms with E-state index in [9.17, 15) is 5.11 Å². The molecular weight excluding hydrogens is 188 g/mol. The van der Waals surface area contributed by atoms with Gasteiger partial charge in [0, 0.05) is 5.54 Å². The molecule has 1 unspecified atom stereocenters. The zero-order valence-electron chi connectivity index (χ0n) is 10.8. The second kappa shape index (κ2) is 8.08. The lowest BCUT2D eigenvalue weighted by Gasteiger charge is -2.30. The molecule has 1 atom stereocenters. The predicted molar refractivity (Wildman–Crippen MR) is 66.2 cm³/mol. The highest BCUT2D eigenvalue weighted by Crippen LogP contribution is 2.09. The summed E-state index contributed by atoms with van der Waals surface area (Å²) in [6.45, 7) is 9.81. The maximum absolute atomic E-state index is 9.37. The second-order valence-electron chi connectivity index (χ2n) is 4.70. The van der Waals surface area contributed by atoms with Crippen LogP contribution in [0.2, 0.25) is 0 Å². The molecule has 0 amide bonds. The van der Waals surface area contributed by atoms with E-state index >= 15 is 0 Å². The van der Waals surface area contributed by atoms with Gasteiger partial charge in [0.1, 0.15) is 0 Å². The predicted octanol–water partition coefficient (Wildman–Crippen LogP) is 1.47. The Kier molecular flexibility index (Phi) is 8.02. The lowest BCUT2D eigenvalue weighted by molar-refractivity contribution is 0.151. The highest BCUT2D eigenvalue weighted by Gasteiger charge is 2.21. The summed E-state index contributed by atoms with van der Waals surface area (Å²) in [6.07, 6.45) is 3.30. The highest BCUT2D eigenvalue weighted by atomic mass is 16.3. The quantitative estimate of drug-likeness (QED) is 0.612. The van der Waals surface area contributed by atoms with E-state index in [4.69, 9.17) is 0 Å². The van der Waals surface area contributed by atoms with E-state index in [1.807, 2.05) is 0 Å². The SMILES string of the molecule is CCCNC(C)(CO)CCN(C)CCC. The van der Waals surface area contributed by atoms with Crippen LogP contribution < -0.4 is 5.32 Å². The van der Waals surface area contributed by atoms with Crippen molar-refractivity contribution in [2.24, 2.45) is 0 Å². The van der Waals surface area contributed by atoms with Crippen LogP contribution in [0.15, 0.2) is 0 Å². The van der Waals surface area contributed by atoms with Crippen molar-refractivity contribution >= 4 is 0 Å². The number of aliphatic hydroxyl groups is 1. The van der Waals surface area contributed by atoms with E-state index in [0.717, 1.165) is 32.5 Å². The fourth-order valence-electron chi connectivity index (χ4n) is 1.58. The minimum absolute atomic E-state index is 0.113. The van der Waals surface area contributed by atoms with Gasteiger partial charge < -0.3 is 15.3 Å². The third kappa shape index (κ3) is 6.88. The first-order valence-electron chi connectivity index (χ1n) is 6.12. The molecule has 2 N–H and O–H groups in total. The van der Waals surface area contributed by atoms with Crippen molar-refractivity contribution in [2.45, 2.75) is 45.6 Å². The summed E-state index contributed by atoms with van der Waals surface area (Å²) < 4.78 is 0. The molecule has 0 bridgehead atoms. The lowest BCUT2D eigenvalue weighted by atomic mass is 9.98. The summed E-state index contributed by atoms with van der Waals surface area (Å²) in [5.74, 6) is 0. The Morgan fingerprint density at radius 3 is 2.33 bits per heavy atom. The Morgan fingerprint density at radius 2 is 1.87 bits per heavy atom. The first-order chi connectivity index (χ1) is 7.08. The van der Waals surface area contributed by atoms with Crippen LogP contribution in [-0.4, -0.2) is 48.8 Å². The molecule has 0 heterocycles. The summed E-state index contributed by atoms with van der Waals surface area (Å²) in [5.41, 5.74) is -0.113. The second-order valence-corrected chi connectivity index (χ2v) is 4.70. The Labute approximate surface area is 94.9 Å². The molecule has 3 heteroatoms.